The summed E-state index contributed by atoms with van der Waals surface area (Å²) in [7, 11) is 0. The van der Waals surface area contributed by atoms with Crippen LogP contribution in [0.5, 0.6) is 5.75 Å². The molecule has 0 saturated heterocycles. The summed E-state index contributed by atoms with van der Waals surface area (Å²) in [6, 6.07) is 1.03. The molecule has 0 aliphatic rings. The van der Waals surface area contributed by atoms with E-state index in [1.807, 2.05) is 0 Å². The summed E-state index contributed by atoms with van der Waals surface area (Å²) in [6.07, 6.45) is -2.72. The Labute approximate surface area is 83.1 Å². The Morgan fingerprint density at radius 2 is 2.15 bits per heavy atom. The van der Waals surface area contributed by atoms with Crippen LogP contribution in [0.4, 0.5) is 8.78 Å². The summed E-state index contributed by atoms with van der Waals surface area (Å²) < 4.78 is 24.3. The molecule has 0 radical (unpaired) electrons. The second kappa shape index (κ2) is 4.07. The molecular weight excluding hydrogens is 223 g/mol. The predicted molar refractivity (Wildman–Crippen MR) is 45.4 cm³/mol. The lowest BCUT2D eigenvalue weighted by Gasteiger charge is -2.05. The third kappa shape index (κ3) is 2.19. The minimum atomic E-state index is -2.72. The number of hydrogen-bond donors (Lipinski definition) is 1. The molecule has 0 amide bonds. The second-order valence-electron chi connectivity index (χ2n) is 2.28. The third-order valence-corrected chi connectivity index (χ3v) is 1.97. The zero-order valence-electron chi connectivity index (χ0n) is 6.27. The molecule has 1 aromatic rings. The van der Waals surface area contributed by atoms with Crippen LogP contribution in [0, 0.1) is 0 Å². The van der Waals surface area contributed by atoms with Gasteiger partial charge in [0.1, 0.15) is 5.69 Å². The van der Waals surface area contributed by atoms with E-state index in [4.69, 9.17) is 23.2 Å². The zero-order valence-corrected chi connectivity index (χ0v) is 7.78. The monoisotopic (exact) mass is 227 g/mol. The normalized spacial score (nSPS) is 10.8. The summed E-state index contributed by atoms with van der Waals surface area (Å²) in [6.45, 7) is 0. The molecule has 1 N–H and O–H groups in total. The Balaban J connectivity index is 3.22. The van der Waals surface area contributed by atoms with Crippen LogP contribution in [0.25, 0.3) is 0 Å². The van der Waals surface area contributed by atoms with E-state index >= 15 is 0 Å². The molecule has 0 spiro atoms. The lowest BCUT2D eigenvalue weighted by atomic mass is 10.2. The molecule has 6 heteroatoms. The smallest absolute Gasteiger partial charge is 0.280 e. The van der Waals surface area contributed by atoms with Crippen LogP contribution < -0.4 is 0 Å². The number of rotatable bonds is 2. The minimum Gasteiger partial charge on any atom is -0.504 e. The number of alkyl halides is 3. The molecule has 0 aliphatic carbocycles. The van der Waals surface area contributed by atoms with Gasteiger partial charge in [-0.1, -0.05) is 11.6 Å². The number of hydrogen-bond acceptors (Lipinski definition) is 2. The second-order valence-corrected chi connectivity index (χ2v) is 2.91. The summed E-state index contributed by atoms with van der Waals surface area (Å²) >= 11 is 10.8. The SMILES string of the molecule is Oc1c(CCl)cc(C(F)F)nc1Cl. The molecule has 0 aliphatic heterocycles. The molecule has 13 heavy (non-hydrogen) atoms. The molecule has 2 nitrogen and oxygen atoms in total. The lowest BCUT2D eigenvalue weighted by molar-refractivity contribution is 0.146. The number of nitrogens with zero attached hydrogens (tertiary/aromatic N) is 1. The van der Waals surface area contributed by atoms with Gasteiger partial charge in [0.15, 0.2) is 10.9 Å². The molecule has 0 fully saturated rings. The van der Waals surface area contributed by atoms with Gasteiger partial charge in [-0.05, 0) is 6.07 Å². The van der Waals surface area contributed by atoms with Crippen molar-refractivity contribution in [1.29, 1.82) is 0 Å². The van der Waals surface area contributed by atoms with E-state index in [0.29, 0.717) is 0 Å². The Hall–Kier alpha value is -0.610. The Morgan fingerprint density at radius 1 is 1.54 bits per heavy atom. The highest BCUT2D eigenvalue weighted by Gasteiger charge is 2.15. The van der Waals surface area contributed by atoms with Gasteiger partial charge in [-0.25, -0.2) is 13.8 Å². The summed E-state index contributed by atoms with van der Waals surface area (Å²) in [5.74, 6) is -0.436. The van der Waals surface area contributed by atoms with Crippen LogP contribution in [-0.4, -0.2) is 10.1 Å². The average molecular weight is 228 g/mol. The van der Waals surface area contributed by atoms with E-state index in [-0.39, 0.29) is 22.3 Å². The molecule has 1 rings (SSSR count). The topological polar surface area (TPSA) is 33.1 Å². The first kappa shape index (κ1) is 10.5. The van der Waals surface area contributed by atoms with Crippen LogP contribution in [0.3, 0.4) is 0 Å². The van der Waals surface area contributed by atoms with Crippen molar-refractivity contribution < 1.29 is 13.9 Å². The van der Waals surface area contributed by atoms with Crippen LogP contribution in [0.15, 0.2) is 6.07 Å². The highest BCUT2D eigenvalue weighted by molar-refractivity contribution is 6.31. The van der Waals surface area contributed by atoms with E-state index < -0.39 is 12.1 Å². The molecule has 0 unspecified atom stereocenters. The van der Waals surface area contributed by atoms with Crippen LogP contribution in [0.1, 0.15) is 17.7 Å². The van der Waals surface area contributed by atoms with Crippen LogP contribution in [0.2, 0.25) is 5.15 Å². The first-order valence-corrected chi connectivity index (χ1v) is 4.20. The van der Waals surface area contributed by atoms with Gasteiger partial charge in [0.25, 0.3) is 6.43 Å². The molecule has 1 heterocycles. The van der Waals surface area contributed by atoms with Crippen molar-refractivity contribution in [2.45, 2.75) is 12.3 Å². The maximum Gasteiger partial charge on any atom is 0.280 e. The van der Waals surface area contributed by atoms with Crippen molar-refractivity contribution in [1.82, 2.24) is 4.98 Å². The Morgan fingerprint density at radius 3 is 2.62 bits per heavy atom. The number of pyridine rings is 1. The third-order valence-electron chi connectivity index (χ3n) is 1.42. The summed E-state index contributed by atoms with van der Waals surface area (Å²) in [4.78, 5) is 3.29. The molecule has 0 atom stereocenters. The fourth-order valence-electron chi connectivity index (χ4n) is 0.792. The first-order chi connectivity index (χ1) is 6.06. The van der Waals surface area contributed by atoms with Crippen molar-refractivity contribution >= 4 is 23.2 Å². The van der Waals surface area contributed by atoms with Crippen LogP contribution >= 0.6 is 23.2 Å². The van der Waals surface area contributed by atoms with Gasteiger partial charge in [0.05, 0.1) is 5.88 Å². The van der Waals surface area contributed by atoms with Gasteiger partial charge in [-0.3, -0.25) is 0 Å². The number of aromatic nitrogens is 1. The van der Waals surface area contributed by atoms with Crippen LogP contribution in [-0.2, 0) is 5.88 Å². The molecule has 1 aromatic heterocycles. The molecular formula is C7H5Cl2F2NO. The van der Waals surface area contributed by atoms with Crippen molar-refractivity contribution in [3.8, 4) is 5.75 Å². The Bertz CT molecular complexity index is 320. The molecule has 0 bridgehead atoms. The van der Waals surface area contributed by atoms with Crippen molar-refractivity contribution in [3.63, 3.8) is 0 Å². The minimum absolute atomic E-state index is 0.0895. The molecule has 0 saturated carbocycles. The van der Waals surface area contributed by atoms with Gasteiger partial charge in [-0.15, -0.1) is 11.6 Å². The highest BCUT2D eigenvalue weighted by Crippen LogP contribution is 2.30. The van der Waals surface area contributed by atoms with E-state index in [1.54, 1.807) is 0 Å². The van der Waals surface area contributed by atoms with E-state index in [0.717, 1.165) is 6.07 Å². The highest BCUT2D eigenvalue weighted by atomic mass is 35.5. The molecule has 0 aromatic carbocycles. The summed E-state index contributed by atoms with van der Waals surface area (Å²) in [5.41, 5.74) is -0.338. The maximum absolute atomic E-state index is 12.1. The average Bonchev–Trinajstić information content (AvgIpc) is 2.09. The fourth-order valence-corrected chi connectivity index (χ4v) is 1.21. The standard InChI is InChI=1S/C7H5Cl2F2NO/c8-2-3-1-4(7(10)11)12-6(9)5(3)13/h1,7,13H,2H2. The lowest BCUT2D eigenvalue weighted by Crippen LogP contribution is -1.94. The fraction of sp³-hybridized carbons (Fsp3) is 0.286. The van der Waals surface area contributed by atoms with Gasteiger partial charge in [0, 0.05) is 5.56 Å². The molecule has 72 valence electrons. The van der Waals surface area contributed by atoms with Gasteiger partial charge in [0.2, 0.25) is 0 Å². The maximum atomic E-state index is 12.1. The van der Waals surface area contributed by atoms with Crippen molar-refractivity contribution in [3.05, 3.63) is 22.5 Å². The largest absolute Gasteiger partial charge is 0.504 e. The summed E-state index contributed by atoms with van der Waals surface area (Å²) in [5, 5.41) is 8.83. The van der Waals surface area contributed by atoms with E-state index in [2.05, 4.69) is 4.98 Å². The predicted octanol–water partition coefficient (Wildman–Crippen LogP) is 3.12. The first-order valence-electron chi connectivity index (χ1n) is 3.28. The van der Waals surface area contributed by atoms with Crippen molar-refractivity contribution in [2.75, 3.05) is 0 Å². The Kier molecular flexibility index (Phi) is 3.27. The zero-order chi connectivity index (χ0) is 10.0. The number of halogens is 4. The number of aromatic hydroxyl groups is 1. The van der Waals surface area contributed by atoms with Crippen molar-refractivity contribution in [2.24, 2.45) is 0 Å². The van der Waals surface area contributed by atoms with E-state index in [9.17, 15) is 13.9 Å². The van der Waals surface area contributed by atoms with Gasteiger partial charge in [-0.2, -0.15) is 0 Å². The van der Waals surface area contributed by atoms with Gasteiger partial charge < -0.3 is 5.11 Å². The van der Waals surface area contributed by atoms with Gasteiger partial charge >= 0.3 is 0 Å². The quantitative estimate of drug-likeness (QED) is 0.623. The van der Waals surface area contributed by atoms with E-state index in [1.165, 1.54) is 0 Å².